The number of alkyl halides is 1. The van der Waals surface area contributed by atoms with Crippen molar-refractivity contribution >= 4 is 43.9 Å². The molecular formula is C27H23ClO. The van der Waals surface area contributed by atoms with E-state index in [1.165, 1.54) is 37.9 Å². The molecule has 0 bridgehead atoms. The fourth-order valence-electron chi connectivity index (χ4n) is 4.33. The van der Waals surface area contributed by atoms with E-state index in [4.69, 9.17) is 16.3 Å². The van der Waals surface area contributed by atoms with E-state index in [0.717, 1.165) is 5.56 Å². The van der Waals surface area contributed by atoms with E-state index in [2.05, 4.69) is 73.7 Å². The molecule has 0 aliphatic carbocycles. The minimum atomic E-state index is -0.0439. The van der Waals surface area contributed by atoms with Gasteiger partial charge in [0, 0.05) is 0 Å². The molecule has 0 aliphatic rings. The van der Waals surface area contributed by atoms with Gasteiger partial charge in [-0.25, -0.2) is 0 Å². The zero-order valence-electron chi connectivity index (χ0n) is 16.4. The molecule has 5 aromatic carbocycles. The first-order valence-electron chi connectivity index (χ1n) is 10.1. The SMILES string of the molecule is CC(COCc1ccc2ccc3cccc4ccc1c2c34)C(Cl)c1ccccc1. The number of hydrogen-bond donors (Lipinski definition) is 0. The van der Waals surface area contributed by atoms with Gasteiger partial charge >= 0.3 is 0 Å². The first-order valence-corrected chi connectivity index (χ1v) is 10.6. The summed E-state index contributed by atoms with van der Waals surface area (Å²) in [5.41, 5.74) is 2.38. The summed E-state index contributed by atoms with van der Waals surface area (Å²) >= 11 is 6.66. The maximum Gasteiger partial charge on any atom is 0.0723 e. The fourth-order valence-corrected chi connectivity index (χ4v) is 4.54. The van der Waals surface area contributed by atoms with Crippen LogP contribution < -0.4 is 0 Å². The summed E-state index contributed by atoms with van der Waals surface area (Å²) in [6, 6.07) is 30.0. The maximum absolute atomic E-state index is 6.66. The molecule has 0 aromatic heterocycles. The predicted octanol–water partition coefficient (Wildman–Crippen LogP) is 7.72. The summed E-state index contributed by atoms with van der Waals surface area (Å²) in [5.74, 6) is 0.235. The van der Waals surface area contributed by atoms with E-state index in [1.54, 1.807) is 0 Å². The Morgan fingerprint density at radius 1 is 0.724 bits per heavy atom. The minimum absolute atomic E-state index is 0.0439. The number of ether oxygens (including phenoxy) is 1. The molecule has 2 heteroatoms. The third-order valence-electron chi connectivity index (χ3n) is 5.87. The second-order valence-electron chi connectivity index (χ2n) is 7.89. The maximum atomic E-state index is 6.66. The van der Waals surface area contributed by atoms with E-state index in [9.17, 15) is 0 Å². The normalized spacial score (nSPS) is 14.0. The van der Waals surface area contributed by atoms with Crippen molar-refractivity contribution in [2.45, 2.75) is 18.9 Å². The molecule has 0 aliphatic heterocycles. The van der Waals surface area contributed by atoms with Gasteiger partial charge in [-0.2, -0.15) is 0 Å². The van der Waals surface area contributed by atoms with E-state index in [-0.39, 0.29) is 11.3 Å². The molecule has 2 atom stereocenters. The molecule has 29 heavy (non-hydrogen) atoms. The summed E-state index contributed by atoms with van der Waals surface area (Å²) < 4.78 is 6.13. The molecule has 0 spiro atoms. The second kappa shape index (κ2) is 7.67. The van der Waals surface area contributed by atoms with Crippen molar-refractivity contribution in [1.82, 2.24) is 0 Å². The first kappa shape index (κ1) is 18.4. The highest BCUT2D eigenvalue weighted by Gasteiger charge is 2.17. The van der Waals surface area contributed by atoms with Crippen LogP contribution >= 0.6 is 11.6 Å². The topological polar surface area (TPSA) is 9.23 Å². The Kier molecular flexibility index (Phi) is 4.87. The smallest absolute Gasteiger partial charge is 0.0723 e. The molecule has 0 saturated carbocycles. The molecule has 1 nitrogen and oxygen atoms in total. The summed E-state index contributed by atoms with van der Waals surface area (Å²) in [4.78, 5) is 0. The van der Waals surface area contributed by atoms with Gasteiger partial charge < -0.3 is 4.74 Å². The third kappa shape index (κ3) is 3.35. The lowest BCUT2D eigenvalue weighted by Crippen LogP contribution is -2.12. The summed E-state index contributed by atoms with van der Waals surface area (Å²) in [7, 11) is 0. The van der Waals surface area contributed by atoms with Crippen molar-refractivity contribution in [3.05, 3.63) is 96.1 Å². The Morgan fingerprint density at radius 2 is 1.38 bits per heavy atom. The number of benzene rings is 5. The van der Waals surface area contributed by atoms with E-state index >= 15 is 0 Å². The van der Waals surface area contributed by atoms with Crippen LogP contribution in [0.15, 0.2) is 84.9 Å². The van der Waals surface area contributed by atoms with Crippen LogP contribution in [-0.2, 0) is 11.3 Å². The first-order chi connectivity index (χ1) is 14.2. The monoisotopic (exact) mass is 398 g/mol. The number of rotatable bonds is 6. The number of halogens is 1. The summed E-state index contributed by atoms with van der Waals surface area (Å²) in [6.45, 7) is 3.37. The van der Waals surface area contributed by atoms with E-state index < -0.39 is 0 Å². The van der Waals surface area contributed by atoms with Gasteiger partial charge in [0.2, 0.25) is 0 Å². The quantitative estimate of drug-likeness (QED) is 0.210. The Balaban J connectivity index is 1.39. The van der Waals surface area contributed by atoms with Gasteiger partial charge in [-0.15, -0.1) is 11.6 Å². The fraction of sp³-hybridized carbons (Fsp3) is 0.185. The van der Waals surface area contributed by atoms with E-state index in [0.29, 0.717) is 13.2 Å². The van der Waals surface area contributed by atoms with Crippen LogP contribution in [0.25, 0.3) is 32.3 Å². The van der Waals surface area contributed by atoms with Crippen LogP contribution in [0, 0.1) is 5.92 Å². The lowest BCUT2D eigenvalue weighted by Gasteiger charge is -2.19. The molecule has 2 unspecified atom stereocenters. The van der Waals surface area contributed by atoms with Crippen LogP contribution in [0.5, 0.6) is 0 Å². The minimum Gasteiger partial charge on any atom is -0.376 e. The van der Waals surface area contributed by atoms with Crippen LogP contribution in [0.4, 0.5) is 0 Å². The Bertz CT molecular complexity index is 1250. The highest BCUT2D eigenvalue weighted by molar-refractivity contribution is 6.23. The summed E-state index contributed by atoms with van der Waals surface area (Å²) in [5, 5.41) is 7.80. The van der Waals surface area contributed by atoms with Crippen LogP contribution in [0.3, 0.4) is 0 Å². The van der Waals surface area contributed by atoms with Gasteiger partial charge in [0.25, 0.3) is 0 Å². The Morgan fingerprint density at radius 3 is 2.14 bits per heavy atom. The summed E-state index contributed by atoms with van der Waals surface area (Å²) in [6.07, 6.45) is 0. The largest absolute Gasteiger partial charge is 0.376 e. The highest BCUT2D eigenvalue weighted by atomic mass is 35.5. The zero-order chi connectivity index (χ0) is 19.8. The van der Waals surface area contributed by atoms with Crippen LogP contribution in [0.1, 0.15) is 23.4 Å². The average molecular weight is 399 g/mol. The molecule has 0 fully saturated rings. The van der Waals surface area contributed by atoms with Gasteiger partial charge in [-0.05, 0) is 49.4 Å². The van der Waals surface area contributed by atoms with Gasteiger partial charge in [-0.1, -0.05) is 91.9 Å². The lowest BCUT2D eigenvalue weighted by atomic mass is 9.92. The van der Waals surface area contributed by atoms with Crippen LogP contribution in [-0.4, -0.2) is 6.61 Å². The standard InChI is InChI=1S/C27H23ClO/c1-18(27(28)22-6-3-2-4-7-22)16-29-17-23-13-12-21-11-10-19-8-5-9-20-14-15-24(23)26(21)25(19)20/h2-15,18,27H,16-17H2,1H3. The van der Waals surface area contributed by atoms with Gasteiger partial charge in [0.05, 0.1) is 18.6 Å². The molecule has 0 heterocycles. The van der Waals surface area contributed by atoms with Crippen molar-refractivity contribution in [1.29, 1.82) is 0 Å². The Labute approximate surface area is 176 Å². The van der Waals surface area contributed by atoms with Gasteiger partial charge in [0.1, 0.15) is 0 Å². The van der Waals surface area contributed by atoms with Crippen molar-refractivity contribution in [2.75, 3.05) is 6.61 Å². The van der Waals surface area contributed by atoms with Crippen molar-refractivity contribution in [3.8, 4) is 0 Å². The lowest BCUT2D eigenvalue weighted by molar-refractivity contribution is 0.0915. The van der Waals surface area contributed by atoms with Crippen LogP contribution in [0.2, 0.25) is 0 Å². The second-order valence-corrected chi connectivity index (χ2v) is 8.36. The number of hydrogen-bond acceptors (Lipinski definition) is 1. The van der Waals surface area contributed by atoms with Crippen molar-refractivity contribution in [2.24, 2.45) is 5.92 Å². The molecule has 5 aromatic rings. The molecular weight excluding hydrogens is 376 g/mol. The molecule has 0 saturated heterocycles. The van der Waals surface area contributed by atoms with Gasteiger partial charge in [0.15, 0.2) is 0 Å². The van der Waals surface area contributed by atoms with E-state index in [1.807, 2.05) is 18.2 Å². The average Bonchev–Trinajstić information content (AvgIpc) is 2.78. The van der Waals surface area contributed by atoms with Gasteiger partial charge in [-0.3, -0.25) is 0 Å². The predicted molar refractivity (Wildman–Crippen MR) is 124 cm³/mol. The molecule has 144 valence electrons. The Hall–Kier alpha value is -2.61. The van der Waals surface area contributed by atoms with Crippen molar-refractivity contribution in [3.63, 3.8) is 0 Å². The zero-order valence-corrected chi connectivity index (χ0v) is 17.2. The molecule has 0 N–H and O–H groups in total. The molecule has 0 radical (unpaired) electrons. The van der Waals surface area contributed by atoms with Crippen molar-refractivity contribution < 1.29 is 4.74 Å². The molecule has 5 rings (SSSR count). The third-order valence-corrected chi connectivity index (χ3v) is 6.56. The molecule has 0 amide bonds. The highest BCUT2D eigenvalue weighted by Crippen LogP contribution is 2.36.